The Hall–Kier alpha value is -0.157. The quantitative estimate of drug-likeness (QED) is 0.703. The zero-order valence-electron chi connectivity index (χ0n) is 12.0. The van der Waals surface area contributed by atoms with Crippen molar-refractivity contribution in [1.29, 1.82) is 0 Å². The minimum Gasteiger partial charge on any atom is -1.00 e. The zero-order chi connectivity index (χ0) is 11.0. The molecule has 0 spiro atoms. The number of hydrogen-bond donors (Lipinski definition) is 0. The standard InChI is InChI=1S/C9H13.C5H5.Zr.2H/c1-6-5-7(2)9(4)8(6)3;1-2-4-5-3-1;;;/h6H,1-4H3;1-3H,4H2;;;/q;;+2;2*-1. The van der Waals surface area contributed by atoms with Gasteiger partial charge < -0.3 is 2.85 Å². The van der Waals surface area contributed by atoms with Gasteiger partial charge in [-0.3, -0.25) is 0 Å². The molecular formula is C14H20Zr. The molecule has 0 aromatic rings. The SMILES string of the molecule is CC1=C(C)C(C)[C]([Zr+2][C]2=CC=CC2)=C1C.[H-].[H-]. The second-order valence-electron chi connectivity index (χ2n) is 4.52. The fourth-order valence-electron chi connectivity index (χ4n) is 2.28. The molecule has 0 nitrogen and oxygen atoms in total. The van der Waals surface area contributed by atoms with Gasteiger partial charge in [0, 0.05) is 0 Å². The molecule has 2 aliphatic rings. The van der Waals surface area contributed by atoms with Crippen molar-refractivity contribution >= 4 is 0 Å². The van der Waals surface area contributed by atoms with Crippen molar-refractivity contribution in [3.05, 3.63) is 41.5 Å². The summed E-state index contributed by atoms with van der Waals surface area (Å²) in [6.45, 7) is 9.29. The summed E-state index contributed by atoms with van der Waals surface area (Å²) in [5.74, 6) is 0.734. The van der Waals surface area contributed by atoms with Crippen molar-refractivity contribution in [2.75, 3.05) is 0 Å². The van der Waals surface area contributed by atoms with Crippen LogP contribution in [-0.4, -0.2) is 0 Å². The molecule has 80 valence electrons. The van der Waals surface area contributed by atoms with Gasteiger partial charge in [-0.05, 0) is 0 Å². The molecule has 1 unspecified atom stereocenters. The average molecular weight is 280 g/mol. The third-order valence-corrected chi connectivity index (χ3v) is 8.06. The summed E-state index contributed by atoms with van der Waals surface area (Å²) in [6, 6.07) is 0. The minimum atomic E-state index is -0.456. The normalized spacial score (nSPS) is 25.1. The van der Waals surface area contributed by atoms with Gasteiger partial charge in [-0.15, -0.1) is 0 Å². The van der Waals surface area contributed by atoms with E-state index >= 15 is 0 Å². The summed E-state index contributed by atoms with van der Waals surface area (Å²) in [4.78, 5) is 0. The Morgan fingerprint density at radius 1 is 1.27 bits per heavy atom. The van der Waals surface area contributed by atoms with Gasteiger partial charge in [0.15, 0.2) is 0 Å². The Morgan fingerprint density at radius 3 is 2.47 bits per heavy atom. The average Bonchev–Trinajstić information content (AvgIpc) is 2.79. The summed E-state index contributed by atoms with van der Waals surface area (Å²) in [7, 11) is 0. The molecule has 0 radical (unpaired) electrons. The molecule has 1 heteroatoms. The summed E-state index contributed by atoms with van der Waals surface area (Å²) >= 11 is -0.456. The molecule has 0 aromatic heterocycles. The number of rotatable bonds is 2. The summed E-state index contributed by atoms with van der Waals surface area (Å²) in [5.41, 5.74) is 4.78. The molecule has 0 aliphatic heterocycles. The van der Waals surface area contributed by atoms with Crippen molar-refractivity contribution in [3.63, 3.8) is 0 Å². The van der Waals surface area contributed by atoms with Gasteiger partial charge in [0.25, 0.3) is 0 Å². The van der Waals surface area contributed by atoms with Crippen LogP contribution in [0.2, 0.25) is 0 Å². The van der Waals surface area contributed by atoms with E-state index < -0.39 is 23.2 Å². The van der Waals surface area contributed by atoms with E-state index in [9.17, 15) is 0 Å². The van der Waals surface area contributed by atoms with Crippen LogP contribution in [0.15, 0.2) is 41.5 Å². The van der Waals surface area contributed by atoms with Crippen LogP contribution in [-0.2, 0) is 23.2 Å². The van der Waals surface area contributed by atoms with Crippen LogP contribution in [0, 0.1) is 5.92 Å². The third kappa shape index (κ3) is 2.04. The van der Waals surface area contributed by atoms with Gasteiger partial charge in [-0.2, -0.15) is 0 Å². The monoisotopic (exact) mass is 278 g/mol. The minimum absolute atomic E-state index is 0. The van der Waals surface area contributed by atoms with Crippen LogP contribution >= 0.6 is 0 Å². The van der Waals surface area contributed by atoms with Crippen LogP contribution in [0.5, 0.6) is 0 Å². The smallest absolute Gasteiger partial charge is 1.00 e. The molecule has 0 N–H and O–H groups in total. The van der Waals surface area contributed by atoms with E-state index in [0.29, 0.717) is 0 Å². The van der Waals surface area contributed by atoms with Crippen molar-refractivity contribution in [2.24, 2.45) is 5.92 Å². The van der Waals surface area contributed by atoms with Gasteiger partial charge in [-0.1, -0.05) is 0 Å². The Labute approximate surface area is 107 Å². The van der Waals surface area contributed by atoms with E-state index in [1.165, 1.54) is 6.42 Å². The Kier molecular flexibility index (Phi) is 3.31. The maximum absolute atomic E-state index is 2.38. The molecule has 0 amide bonds. The van der Waals surface area contributed by atoms with E-state index in [0.717, 1.165) is 5.92 Å². The first kappa shape index (κ1) is 11.3. The second-order valence-corrected chi connectivity index (χ2v) is 8.03. The topological polar surface area (TPSA) is 0 Å². The summed E-state index contributed by atoms with van der Waals surface area (Å²) < 4.78 is 3.55. The van der Waals surface area contributed by atoms with E-state index in [1.54, 1.807) is 20.0 Å². The van der Waals surface area contributed by atoms with E-state index in [-0.39, 0.29) is 2.85 Å². The molecule has 0 saturated heterocycles. The van der Waals surface area contributed by atoms with Gasteiger partial charge in [0.1, 0.15) is 0 Å². The maximum Gasteiger partial charge on any atom is -1.00 e. The molecule has 2 rings (SSSR count). The predicted octanol–water partition coefficient (Wildman–Crippen LogP) is 4.40. The molecule has 2 aliphatic carbocycles. The molecule has 1 atom stereocenters. The van der Waals surface area contributed by atoms with Crippen LogP contribution < -0.4 is 0 Å². The summed E-state index contributed by atoms with van der Waals surface area (Å²) in [5, 5.41) is 0. The first-order valence-electron chi connectivity index (χ1n) is 5.62. The summed E-state index contributed by atoms with van der Waals surface area (Å²) in [6.07, 6.45) is 8.09. The zero-order valence-corrected chi connectivity index (χ0v) is 12.5. The van der Waals surface area contributed by atoms with Gasteiger partial charge >= 0.3 is 105 Å². The number of allylic oxidation sites excluding steroid dienone is 8. The first-order chi connectivity index (χ1) is 7.11. The fraction of sp³-hybridized carbons (Fsp3) is 0.429. The molecule has 0 heterocycles. The van der Waals surface area contributed by atoms with E-state index in [4.69, 9.17) is 0 Å². The maximum atomic E-state index is 2.38. The molecular weight excluding hydrogens is 259 g/mol. The van der Waals surface area contributed by atoms with Crippen molar-refractivity contribution in [3.8, 4) is 0 Å². The van der Waals surface area contributed by atoms with Crippen LogP contribution in [0.3, 0.4) is 0 Å². The van der Waals surface area contributed by atoms with Gasteiger partial charge in [-0.25, -0.2) is 0 Å². The van der Waals surface area contributed by atoms with Gasteiger partial charge in [0.05, 0.1) is 0 Å². The Balaban J connectivity index is 0.00000128. The molecule has 15 heavy (non-hydrogen) atoms. The van der Waals surface area contributed by atoms with Crippen molar-refractivity contribution < 1.29 is 26.1 Å². The van der Waals surface area contributed by atoms with Crippen molar-refractivity contribution in [2.45, 2.75) is 34.1 Å². The molecule has 0 bridgehead atoms. The van der Waals surface area contributed by atoms with Crippen LogP contribution in [0.25, 0.3) is 0 Å². The van der Waals surface area contributed by atoms with E-state index in [1.807, 2.05) is 3.28 Å². The first-order valence-corrected chi connectivity index (χ1v) is 8.08. The molecule has 0 aromatic carbocycles. The molecule has 0 saturated carbocycles. The fourth-order valence-corrected chi connectivity index (χ4v) is 6.10. The predicted molar refractivity (Wildman–Crippen MR) is 64.3 cm³/mol. The second kappa shape index (κ2) is 4.38. The largest absolute Gasteiger partial charge is 1.00 e. The van der Waals surface area contributed by atoms with Gasteiger partial charge in [0.2, 0.25) is 0 Å². The van der Waals surface area contributed by atoms with E-state index in [2.05, 4.69) is 45.9 Å². The van der Waals surface area contributed by atoms with Crippen LogP contribution in [0.4, 0.5) is 0 Å². The van der Waals surface area contributed by atoms with Crippen molar-refractivity contribution in [1.82, 2.24) is 0 Å². The third-order valence-electron chi connectivity index (χ3n) is 3.71. The molecule has 0 fully saturated rings. The Bertz CT molecular complexity index is 414. The Morgan fingerprint density at radius 2 is 2.00 bits per heavy atom. The number of hydrogen-bond acceptors (Lipinski definition) is 0. The van der Waals surface area contributed by atoms with Crippen LogP contribution in [0.1, 0.15) is 37.0 Å².